The van der Waals surface area contributed by atoms with Gasteiger partial charge in [0.05, 0.1) is 0 Å². The normalized spacial score (nSPS) is 25.4. The molecular formula is C5H12N4O. The van der Waals surface area contributed by atoms with Crippen LogP contribution in [-0.4, -0.2) is 23.6 Å². The third kappa shape index (κ3) is 1.26. The number of hydrogen-bond donors (Lipinski definition) is 3. The molecule has 10 heavy (non-hydrogen) atoms. The minimum absolute atomic E-state index is 0.0135. The third-order valence-corrected chi connectivity index (χ3v) is 1.54. The molecule has 1 rings (SSSR count). The maximum Gasteiger partial charge on any atom is 0.235 e. The zero-order valence-electron chi connectivity index (χ0n) is 5.92. The number of amides is 1. The van der Waals surface area contributed by atoms with Crippen LogP contribution in [0.1, 0.15) is 13.3 Å². The van der Waals surface area contributed by atoms with Gasteiger partial charge in [0, 0.05) is 13.5 Å². The maximum absolute atomic E-state index is 10.8. The molecule has 1 amide bonds. The van der Waals surface area contributed by atoms with E-state index in [0.717, 1.165) is 13.0 Å². The van der Waals surface area contributed by atoms with E-state index in [2.05, 4.69) is 10.9 Å². The lowest BCUT2D eigenvalue weighted by molar-refractivity contribution is -0.133. The lowest BCUT2D eigenvalue weighted by Crippen LogP contribution is -2.50. The summed E-state index contributed by atoms with van der Waals surface area (Å²) in [5.41, 5.74) is 5.44. The van der Waals surface area contributed by atoms with Crippen LogP contribution in [0.3, 0.4) is 0 Å². The molecular weight excluding hydrogens is 132 g/mol. The molecule has 0 aliphatic carbocycles. The summed E-state index contributed by atoms with van der Waals surface area (Å²) in [5, 5.41) is 1.50. The van der Waals surface area contributed by atoms with Crippen LogP contribution >= 0.6 is 0 Å². The van der Waals surface area contributed by atoms with Crippen molar-refractivity contribution in [1.29, 1.82) is 0 Å². The molecule has 1 aliphatic rings. The Bertz CT molecular complexity index is 138. The summed E-state index contributed by atoms with van der Waals surface area (Å²) in [6.07, 6.45) is 0.813. The summed E-state index contributed by atoms with van der Waals surface area (Å²) in [6.45, 7) is 2.30. The van der Waals surface area contributed by atoms with Crippen molar-refractivity contribution in [3.05, 3.63) is 0 Å². The highest BCUT2D eigenvalue weighted by Crippen LogP contribution is 2.03. The topological polar surface area (TPSA) is 70.4 Å². The number of nitrogens with one attached hydrogen (secondary N) is 2. The predicted molar refractivity (Wildman–Crippen MR) is 36.3 cm³/mol. The second kappa shape index (κ2) is 2.96. The maximum atomic E-state index is 10.8. The van der Waals surface area contributed by atoms with Crippen LogP contribution in [0, 0.1) is 0 Å². The van der Waals surface area contributed by atoms with Gasteiger partial charge in [-0.3, -0.25) is 15.6 Å². The highest BCUT2D eigenvalue weighted by molar-refractivity contribution is 5.73. The highest BCUT2D eigenvalue weighted by Gasteiger charge is 2.24. The molecule has 1 atom stereocenters. The van der Waals surface area contributed by atoms with Gasteiger partial charge in [-0.25, -0.2) is 10.9 Å². The smallest absolute Gasteiger partial charge is 0.235 e. The van der Waals surface area contributed by atoms with Crippen molar-refractivity contribution >= 4 is 5.91 Å². The Morgan fingerprint density at radius 1 is 1.90 bits per heavy atom. The lowest BCUT2D eigenvalue weighted by Gasteiger charge is -2.21. The Balaban J connectivity index is 2.50. The van der Waals surface area contributed by atoms with Gasteiger partial charge in [0.25, 0.3) is 0 Å². The Hall–Kier alpha value is -0.650. The van der Waals surface area contributed by atoms with Gasteiger partial charge in [-0.05, 0) is 6.42 Å². The van der Waals surface area contributed by atoms with Crippen molar-refractivity contribution in [2.75, 3.05) is 6.54 Å². The summed E-state index contributed by atoms with van der Waals surface area (Å²) < 4.78 is 0. The minimum atomic E-state index is -0.0440. The fraction of sp³-hybridized carbons (Fsp3) is 0.800. The summed E-state index contributed by atoms with van der Waals surface area (Å²) in [6, 6.07) is 0. The first-order valence-corrected chi connectivity index (χ1v) is 3.25. The molecule has 1 unspecified atom stereocenters. The molecule has 58 valence electrons. The van der Waals surface area contributed by atoms with Gasteiger partial charge in [-0.2, -0.15) is 0 Å². The average molecular weight is 144 g/mol. The minimum Gasteiger partial charge on any atom is -0.274 e. The van der Waals surface area contributed by atoms with E-state index < -0.39 is 0 Å². The predicted octanol–water partition coefficient (Wildman–Crippen LogP) is -1.47. The molecule has 0 aromatic rings. The van der Waals surface area contributed by atoms with Crippen LogP contribution in [0.2, 0.25) is 0 Å². The van der Waals surface area contributed by atoms with Crippen LogP contribution in [0.15, 0.2) is 0 Å². The quantitative estimate of drug-likeness (QED) is 0.310. The molecule has 0 saturated carbocycles. The Morgan fingerprint density at radius 2 is 2.60 bits per heavy atom. The van der Waals surface area contributed by atoms with Gasteiger partial charge in [0.1, 0.15) is 6.17 Å². The zero-order valence-corrected chi connectivity index (χ0v) is 5.92. The van der Waals surface area contributed by atoms with Crippen LogP contribution in [-0.2, 0) is 4.79 Å². The fourth-order valence-corrected chi connectivity index (χ4v) is 1.05. The molecule has 0 aromatic carbocycles. The second-order valence-corrected chi connectivity index (χ2v) is 2.27. The number of hydrazine groups is 2. The van der Waals surface area contributed by atoms with Crippen molar-refractivity contribution in [1.82, 2.24) is 15.9 Å². The molecule has 4 N–H and O–H groups in total. The van der Waals surface area contributed by atoms with Crippen molar-refractivity contribution in [2.24, 2.45) is 5.84 Å². The van der Waals surface area contributed by atoms with E-state index >= 15 is 0 Å². The Labute approximate surface area is 59.5 Å². The van der Waals surface area contributed by atoms with Gasteiger partial charge < -0.3 is 0 Å². The van der Waals surface area contributed by atoms with Crippen LogP contribution in [0.25, 0.3) is 0 Å². The number of carbonyl (C=O) groups excluding carboxylic acids is 1. The van der Waals surface area contributed by atoms with Gasteiger partial charge in [-0.15, -0.1) is 0 Å². The highest BCUT2D eigenvalue weighted by atomic mass is 16.2. The Morgan fingerprint density at radius 3 is 3.00 bits per heavy atom. The summed E-state index contributed by atoms with van der Waals surface area (Å²) in [5.74, 6) is 5.16. The van der Waals surface area contributed by atoms with E-state index in [1.165, 1.54) is 11.9 Å². The molecule has 1 fully saturated rings. The molecule has 1 saturated heterocycles. The first kappa shape index (κ1) is 7.46. The molecule has 1 aliphatic heterocycles. The molecule has 1 heterocycles. The van der Waals surface area contributed by atoms with Gasteiger partial charge >= 0.3 is 0 Å². The molecule has 5 heteroatoms. The van der Waals surface area contributed by atoms with Crippen LogP contribution in [0.4, 0.5) is 0 Å². The number of nitrogens with two attached hydrogens (primary N) is 1. The summed E-state index contributed by atoms with van der Waals surface area (Å²) in [4.78, 5) is 10.8. The molecule has 0 radical (unpaired) electrons. The monoisotopic (exact) mass is 144 g/mol. The molecule has 0 bridgehead atoms. The van der Waals surface area contributed by atoms with Gasteiger partial charge in [-0.1, -0.05) is 0 Å². The summed E-state index contributed by atoms with van der Waals surface area (Å²) in [7, 11) is 0. The number of rotatable bonds is 1. The van der Waals surface area contributed by atoms with E-state index in [0.29, 0.717) is 0 Å². The first-order valence-electron chi connectivity index (χ1n) is 3.25. The first-order chi connectivity index (χ1) is 4.75. The molecule has 0 aromatic heterocycles. The van der Waals surface area contributed by atoms with E-state index in [1.807, 2.05) is 0 Å². The number of nitrogens with zero attached hydrogens (tertiary/aromatic N) is 1. The van der Waals surface area contributed by atoms with E-state index in [-0.39, 0.29) is 12.1 Å². The van der Waals surface area contributed by atoms with Crippen molar-refractivity contribution in [2.45, 2.75) is 19.5 Å². The molecule has 0 spiro atoms. The van der Waals surface area contributed by atoms with Crippen molar-refractivity contribution in [3.63, 3.8) is 0 Å². The Kier molecular flexibility index (Phi) is 2.21. The van der Waals surface area contributed by atoms with Gasteiger partial charge in [0.15, 0.2) is 0 Å². The lowest BCUT2D eigenvalue weighted by atomic mass is 10.4. The van der Waals surface area contributed by atoms with E-state index in [9.17, 15) is 4.79 Å². The van der Waals surface area contributed by atoms with Crippen LogP contribution in [0.5, 0.6) is 0 Å². The average Bonchev–Trinajstić information content (AvgIpc) is 2.33. The van der Waals surface area contributed by atoms with Crippen LogP contribution < -0.4 is 16.7 Å². The van der Waals surface area contributed by atoms with Crippen molar-refractivity contribution < 1.29 is 4.79 Å². The van der Waals surface area contributed by atoms with Gasteiger partial charge in [0.2, 0.25) is 5.91 Å². The standard InChI is InChI=1S/C5H12N4O/c1-4(10)9-5(8-6)2-3-7-9/h5,7-8H,2-3,6H2,1H3. The number of carbonyl (C=O) groups is 1. The SMILES string of the molecule is CC(=O)N1NCCC1NN. The van der Waals surface area contributed by atoms with E-state index in [4.69, 9.17) is 5.84 Å². The van der Waals surface area contributed by atoms with E-state index in [1.54, 1.807) is 0 Å². The largest absolute Gasteiger partial charge is 0.274 e. The van der Waals surface area contributed by atoms with Crippen molar-refractivity contribution in [3.8, 4) is 0 Å². The second-order valence-electron chi connectivity index (χ2n) is 2.27. The third-order valence-electron chi connectivity index (χ3n) is 1.54. The fourth-order valence-electron chi connectivity index (χ4n) is 1.05. The zero-order chi connectivity index (χ0) is 7.56. The molecule has 5 nitrogen and oxygen atoms in total. The number of hydrogen-bond acceptors (Lipinski definition) is 4. The summed E-state index contributed by atoms with van der Waals surface area (Å²) >= 11 is 0.